The molecule has 1 aromatic carbocycles. The number of hydrogen-bond acceptors (Lipinski definition) is 5. The summed E-state index contributed by atoms with van der Waals surface area (Å²) in [6.07, 6.45) is 0. The summed E-state index contributed by atoms with van der Waals surface area (Å²) >= 11 is 0. The summed E-state index contributed by atoms with van der Waals surface area (Å²) in [6, 6.07) is 7.35. The maximum Gasteiger partial charge on any atom is 0.173 e. The molecule has 17 heavy (non-hydrogen) atoms. The van der Waals surface area contributed by atoms with E-state index in [1.54, 1.807) is 4.68 Å². The number of ether oxygens (including phenoxy) is 1. The Morgan fingerprint density at radius 2 is 2.18 bits per heavy atom. The SMILES string of the molecule is CCOc1ccccc1-n1nnnc1C(C)N. The van der Waals surface area contributed by atoms with Gasteiger partial charge < -0.3 is 10.5 Å². The van der Waals surface area contributed by atoms with Crippen LogP contribution in [-0.2, 0) is 0 Å². The van der Waals surface area contributed by atoms with Crippen LogP contribution in [0.3, 0.4) is 0 Å². The molecule has 6 heteroatoms. The molecule has 0 saturated carbocycles. The van der Waals surface area contributed by atoms with Gasteiger partial charge in [-0.15, -0.1) is 5.10 Å². The van der Waals surface area contributed by atoms with E-state index in [1.165, 1.54) is 0 Å². The molecule has 90 valence electrons. The van der Waals surface area contributed by atoms with E-state index in [0.29, 0.717) is 12.4 Å². The Hall–Kier alpha value is -1.95. The van der Waals surface area contributed by atoms with E-state index in [9.17, 15) is 0 Å². The molecule has 2 aromatic rings. The molecule has 0 amide bonds. The fourth-order valence-electron chi connectivity index (χ4n) is 1.56. The average Bonchev–Trinajstić information content (AvgIpc) is 2.79. The lowest BCUT2D eigenvalue weighted by molar-refractivity contribution is 0.338. The summed E-state index contributed by atoms with van der Waals surface area (Å²) in [6.45, 7) is 4.36. The van der Waals surface area contributed by atoms with Crippen molar-refractivity contribution in [3.05, 3.63) is 30.1 Å². The maximum absolute atomic E-state index is 5.82. The lowest BCUT2D eigenvalue weighted by Crippen LogP contribution is -2.14. The molecule has 0 aliphatic carbocycles. The van der Waals surface area contributed by atoms with Crippen molar-refractivity contribution in [2.75, 3.05) is 6.61 Å². The number of tetrazole rings is 1. The Kier molecular flexibility index (Phi) is 3.34. The third kappa shape index (κ3) is 2.26. The van der Waals surface area contributed by atoms with Crippen LogP contribution >= 0.6 is 0 Å². The molecule has 6 nitrogen and oxygen atoms in total. The van der Waals surface area contributed by atoms with Crippen LogP contribution in [0.25, 0.3) is 5.69 Å². The minimum Gasteiger partial charge on any atom is -0.492 e. The van der Waals surface area contributed by atoms with Gasteiger partial charge in [0, 0.05) is 0 Å². The van der Waals surface area contributed by atoms with Crippen LogP contribution in [0, 0.1) is 0 Å². The number of para-hydroxylation sites is 2. The Morgan fingerprint density at radius 1 is 1.41 bits per heavy atom. The zero-order chi connectivity index (χ0) is 12.3. The van der Waals surface area contributed by atoms with E-state index in [-0.39, 0.29) is 6.04 Å². The number of rotatable bonds is 4. The molecule has 1 atom stereocenters. The summed E-state index contributed by atoms with van der Waals surface area (Å²) in [5, 5.41) is 11.5. The van der Waals surface area contributed by atoms with E-state index >= 15 is 0 Å². The number of nitrogens with two attached hydrogens (primary N) is 1. The van der Waals surface area contributed by atoms with Gasteiger partial charge in [0.25, 0.3) is 0 Å². The van der Waals surface area contributed by atoms with Crippen molar-refractivity contribution in [2.24, 2.45) is 5.73 Å². The fraction of sp³-hybridized carbons (Fsp3) is 0.364. The third-order valence-corrected chi connectivity index (χ3v) is 2.29. The minimum atomic E-state index is -0.236. The number of benzene rings is 1. The van der Waals surface area contributed by atoms with Crippen LogP contribution < -0.4 is 10.5 Å². The van der Waals surface area contributed by atoms with E-state index in [2.05, 4.69) is 15.5 Å². The summed E-state index contributed by atoms with van der Waals surface area (Å²) in [5.41, 5.74) is 6.61. The fourth-order valence-corrected chi connectivity index (χ4v) is 1.56. The van der Waals surface area contributed by atoms with Crippen molar-refractivity contribution in [3.8, 4) is 11.4 Å². The van der Waals surface area contributed by atoms with E-state index in [0.717, 1.165) is 11.4 Å². The second kappa shape index (κ2) is 4.92. The highest BCUT2D eigenvalue weighted by molar-refractivity contribution is 5.46. The quantitative estimate of drug-likeness (QED) is 0.854. The van der Waals surface area contributed by atoms with Gasteiger partial charge in [-0.25, -0.2) is 0 Å². The molecule has 0 spiro atoms. The molecular weight excluding hydrogens is 218 g/mol. The summed E-state index contributed by atoms with van der Waals surface area (Å²) in [7, 11) is 0. The molecule has 1 aromatic heterocycles. The highest BCUT2D eigenvalue weighted by Gasteiger charge is 2.15. The zero-order valence-corrected chi connectivity index (χ0v) is 9.87. The molecule has 0 aliphatic heterocycles. The first-order valence-electron chi connectivity index (χ1n) is 5.50. The van der Waals surface area contributed by atoms with Crippen LogP contribution in [0.5, 0.6) is 5.75 Å². The molecule has 0 fully saturated rings. The van der Waals surface area contributed by atoms with Gasteiger partial charge in [0.15, 0.2) is 5.82 Å². The van der Waals surface area contributed by atoms with E-state index in [4.69, 9.17) is 10.5 Å². The van der Waals surface area contributed by atoms with Gasteiger partial charge in [0.2, 0.25) is 0 Å². The average molecular weight is 233 g/mol. The van der Waals surface area contributed by atoms with Gasteiger partial charge in [-0.1, -0.05) is 12.1 Å². The second-order valence-corrected chi connectivity index (χ2v) is 3.64. The number of aromatic nitrogens is 4. The lowest BCUT2D eigenvalue weighted by atomic mass is 10.2. The van der Waals surface area contributed by atoms with Crippen molar-refractivity contribution in [1.29, 1.82) is 0 Å². The summed E-state index contributed by atoms with van der Waals surface area (Å²) in [5.74, 6) is 1.35. The molecule has 0 saturated heterocycles. The zero-order valence-electron chi connectivity index (χ0n) is 9.87. The molecule has 0 bridgehead atoms. The van der Waals surface area contributed by atoms with Crippen molar-refractivity contribution in [1.82, 2.24) is 20.2 Å². The smallest absolute Gasteiger partial charge is 0.173 e. The Labute approximate surface area is 99.4 Å². The van der Waals surface area contributed by atoms with Gasteiger partial charge in [-0.3, -0.25) is 0 Å². The summed E-state index contributed by atoms with van der Waals surface area (Å²) < 4.78 is 7.15. The number of hydrogen-bond donors (Lipinski definition) is 1. The predicted molar refractivity (Wildman–Crippen MR) is 62.9 cm³/mol. The number of nitrogens with zero attached hydrogens (tertiary/aromatic N) is 4. The first kappa shape index (κ1) is 11.5. The molecule has 1 heterocycles. The standard InChI is InChI=1S/C11H15N5O/c1-3-17-10-7-5-4-6-9(10)16-11(8(2)12)13-14-15-16/h4-8H,3,12H2,1-2H3. The Morgan fingerprint density at radius 3 is 2.88 bits per heavy atom. The van der Waals surface area contributed by atoms with E-state index in [1.807, 2.05) is 38.1 Å². The molecule has 2 N–H and O–H groups in total. The van der Waals surface area contributed by atoms with Crippen LogP contribution in [0.15, 0.2) is 24.3 Å². The predicted octanol–water partition coefficient (Wildman–Crippen LogP) is 1.08. The normalized spacial score (nSPS) is 12.4. The van der Waals surface area contributed by atoms with Crippen LogP contribution in [-0.4, -0.2) is 26.8 Å². The monoisotopic (exact) mass is 233 g/mol. The van der Waals surface area contributed by atoms with Crippen LogP contribution in [0.2, 0.25) is 0 Å². The van der Waals surface area contributed by atoms with Crippen LogP contribution in [0.4, 0.5) is 0 Å². The van der Waals surface area contributed by atoms with Gasteiger partial charge in [0.1, 0.15) is 11.4 Å². The first-order chi connectivity index (χ1) is 8.24. The molecule has 2 rings (SSSR count). The maximum atomic E-state index is 5.82. The first-order valence-corrected chi connectivity index (χ1v) is 5.50. The molecule has 0 aliphatic rings. The van der Waals surface area contributed by atoms with E-state index < -0.39 is 0 Å². The summed E-state index contributed by atoms with van der Waals surface area (Å²) in [4.78, 5) is 0. The highest BCUT2D eigenvalue weighted by Crippen LogP contribution is 2.23. The lowest BCUT2D eigenvalue weighted by Gasteiger charge is -2.11. The van der Waals surface area contributed by atoms with Crippen molar-refractivity contribution in [3.63, 3.8) is 0 Å². The van der Waals surface area contributed by atoms with Crippen molar-refractivity contribution < 1.29 is 4.74 Å². The van der Waals surface area contributed by atoms with Gasteiger partial charge in [-0.2, -0.15) is 4.68 Å². The highest BCUT2D eigenvalue weighted by atomic mass is 16.5. The second-order valence-electron chi connectivity index (χ2n) is 3.64. The third-order valence-electron chi connectivity index (χ3n) is 2.29. The van der Waals surface area contributed by atoms with Crippen molar-refractivity contribution in [2.45, 2.75) is 19.9 Å². The Balaban J connectivity index is 2.48. The van der Waals surface area contributed by atoms with Crippen molar-refractivity contribution >= 4 is 0 Å². The largest absolute Gasteiger partial charge is 0.492 e. The Bertz CT molecular complexity index is 494. The van der Waals surface area contributed by atoms with Gasteiger partial charge in [0.05, 0.1) is 12.6 Å². The van der Waals surface area contributed by atoms with Crippen LogP contribution in [0.1, 0.15) is 25.7 Å². The molecular formula is C11H15N5O. The topological polar surface area (TPSA) is 78.8 Å². The minimum absolute atomic E-state index is 0.236. The molecule has 0 radical (unpaired) electrons. The van der Waals surface area contributed by atoms with Gasteiger partial charge in [-0.05, 0) is 36.4 Å². The molecule has 1 unspecified atom stereocenters. The van der Waals surface area contributed by atoms with Gasteiger partial charge >= 0.3 is 0 Å².